The molecule has 0 aromatic rings. The average Bonchev–Trinajstić information content (AvgIpc) is 3.05. The summed E-state index contributed by atoms with van der Waals surface area (Å²) in [6.07, 6.45) is 11.8. The minimum atomic E-state index is -0.447. The van der Waals surface area contributed by atoms with Crippen molar-refractivity contribution in [2.24, 2.45) is 40.4 Å². The van der Waals surface area contributed by atoms with Crippen LogP contribution in [0.4, 0.5) is 0 Å². The fraction of sp³-hybridized carbons (Fsp3) is 0.840. The Balaban J connectivity index is 1.53. The Hall–Kier alpha value is -1.16. The Morgan fingerprint density at radius 3 is 2.66 bits per heavy atom. The van der Waals surface area contributed by atoms with Crippen molar-refractivity contribution >= 4 is 11.7 Å². The van der Waals surface area contributed by atoms with Gasteiger partial charge in [0.15, 0.2) is 0 Å². The Morgan fingerprint density at radius 2 is 1.93 bits per heavy atom. The first kappa shape index (κ1) is 21.1. The van der Waals surface area contributed by atoms with Gasteiger partial charge in [-0.2, -0.15) is 0 Å². The number of hydrogen-bond donors (Lipinski definition) is 2. The lowest BCUT2D eigenvalue weighted by atomic mass is 9.47. The molecule has 0 spiro atoms. The third-order valence-electron chi connectivity index (χ3n) is 9.83. The number of fused-ring (bicyclic) bond motifs is 5. The molecule has 8 atom stereocenters. The first-order chi connectivity index (χ1) is 13.7. The highest BCUT2D eigenvalue weighted by molar-refractivity contribution is 6.36. The van der Waals surface area contributed by atoms with Gasteiger partial charge in [0.2, 0.25) is 5.78 Å². The summed E-state index contributed by atoms with van der Waals surface area (Å²) in [5, 5.41) is 12.7. The predicted molar refractivity (Wildman–Crippen MR) is 114 cm³/mol. The maximum Gasteiger partial charge on any atom is 0.287 e. The number of aliphatic hydroxyl groups is 1. The van der Waals surface area contributed by atoms with E-state index in [2.05, 4.69) is 32.2 Å². The highest BCUT2D eigenvalue weighted by Gasteiger charge is 2.59. The van der Waals surface area contributed by atoms with Gasteiger partial charge in [-0.1, -0.05) is 32.4 Å². The number of carbonyl (C=O) groups is 2. The Kier molecular flexibility index (Phi) is 5.46. The van der Waals surface area contributed by atoms with E-state index in [0.717, 1.165) is 37.0 Å². The minimum Gasteiger partial charge on any atom is -0.393 e. The normalized spacial score (nSPS) is 44.7. The second kappa shape index (κ2) is 7.51. The first-order valence-corrected chi connectivity index (χ1v) is 11.8. The maximum atomic E-state index is 12.2. The smallest absolute Gasteiger partial charge is 0.287 e. The predicted octanol–water partition coefficient (Wildman–Crippen LogP) is 4.27. The molecule has 4 rings (SSSR count). The molecule has 29 heavy (non-hydrogen) atoms. The number of carbonyl (C=O) groups excluding carboxylic acids is 2. The van der Waals surface area contributed by atoms with Crippen LogP contribution >= 0.6 is 0 Å². The van der Waals surface area contributed by atoms with Crippen LogP contribution in [-0.2, 0) is 9.59 Å². The van der Waals surface area contributed by atoms with Crippen molar-refractivity contribution in [3.05, 3.63) is 11.6 Å². The lowest BCUT2D eigenvalue weighted by molar-refractivity contribution is -0.138. The van der Waals surface area contributed by atoms with Gasteiger partial charge >= 0.3 is 0 Å². The number of ketones is 1. The summed E-state index contributed by atoms with van der Waals surface area (Å²) < 4.78 is 0. The van der Waals surface area contributed by atoms with E-state index in [4.69, 9.17) is 0 Å². The number of nitrogens with one attached hydrogen (secondary N) is 1. The van der Waals surface area contributed by atoms with Crippen LogP contribution in [0.3, 0.4) is 0 Å². The van der Waals surface area contributed by atoms with Gasteiger partial charge in [-0.3, -0.25) is 9.59 Å². The van der Waals surface area contributed by atoms with E-state index in [1.54, 1.807) is 0 Å². The Bertz CT molecular complexity index is 715. The number of Topliss-reactive ketones (excluding diaryl/α,β-unsaturated/α-hetero) is 1. The summed E-state index contributed by atoms with van der Waals surface area (Å²) >= 11 is 0. The molecule has 0 radical (unpaired) electrons. The number of likely N-dealkylation sites (N-methyl/N-ethyl adjacent to an activating group) is 1. The van der Waals surface area contributed by atoms with Gasteiger partial charge in [0, 0.05) is 13.5 Å². The van der Waals surface area contributed by atoms with E-state index in [1.165, 1.54) is 44.7 Å². The molecule has 3 fully saturated rings. The minimum absolute atomic E-state index is 0.144. The van der Waals surface area contributed by atoms with Gasteiger partial charge in [0.1, 0.15) is 0 Å². The number of allylic oxidation sites excluding steroid dienone is 1. The number of amides is 1. The molecule has 0 heterocycles. The summed E-state index contributed by atoms with van der Waals surface area (Å²) in [6.45, 7) is 7.15. The second-order valence-electron chi connectivity index (χ2n) is 11.1. The van der Waals surface area contributed by atoms with Gasteiger partial charge in [-0.25, -0.2) is 0 Å². The topological polar surface area (TPSA) is 66.4 Å². The highest BCUT2D eigenvalue weighted by Crippen LogP contribution is 2.67. The summed E-state index contributed by atoms with van der Waals surface area (Å²) in [6, 6.07) is 0. The van der Waals surface area contributed by atoms with Crippen molar-refractivity contribution in [1.82, 2.24) is 5.32 Å². The van der Waals surface area contributed by atoms with Crippen molar-refractivity contribution in [2.45, 2.75) is 84.7 Å². The molecule has 0 aliphatic heterocycles. The highest BCUT2D eigenvalue weighted by atomic mass is 16.3. The van der Waals surface area contributed by atoms with E-state index in [0.29, 0.717) is 17.8 Å². The molecular formula is C25H39NO3. The molecule has 4 heteroatoms. The van der Waals surface area contributed by atoms with Crippen molar-refractivity contribution in [1.29, 1.82) is 0 Å². The van der Waals surface area contributed by atoms with E-state index in [9.17, 15) is 14.7 Å². The zero-order chi connectivity index (χ0) is 21.0. The monoisotopic (exact) mass is 401 g/mol. The van der Waals surface area contributed by atoms with E-state index >= 15 is 0 Å². The average molecular weight is 402 g/mol. The lowest BCUT2D eigenvalue weighted by Gasteiger charge is -2.58. The van der Waals surface area contributed by atoms with Crippen molar-refractivity contribution in [3.63, 3.8) is 0 Å². The molecule has 0 aromatic carbocycles. The molecule has 4 nitrogen and oxygen atoms in total. The summed E-state index contributed by atoms with van der Waals surface area (Å²) in [7, 11) is 1.54. The van der Waals surface area contributed by atoms with Crippen LogP contribution in [0.15, 0.2) is 11.6 Å². The van der Waals surface area contributed by atoms with Crippen LogP contribution in [-0.4, -0.2) is 29.9 Å². The lowest BCUT2D eigenvalue weighted by Crippen LogP contribution is -2.51. The van der Waals surface area contributed by atoms with E-state index in [-0.39, 0.29) is 23.2 Å². The third kappa shape index (κ3) is 3.30. The second-order valence-corrected chi connectivity index (χ2v) is 11.1. The molecule has 4 aliphatic carbocycles. The molecule has 3 saturated carbocycles. The van der Waals surface area contributed by atoms with Gasteiger partial charge in [0.05, 0.1) is 6.10 Å². The molecule has 0 unspecified atom stereocenters. The van der Waals surface area contributed by atoms with Crippen LogP contribution in [0.2, 0.25) is 0 Å². The van der Waals surface area contributed by atoms with Crippen LogP contribution in [0.25, 0.3) is 0 Å². The van der Waals surface area contributed by atoms with Gasteiger partial charge in [-0.05, 0) is 91.8 Å². The number of rotatable bonds is 4. The standard InChI is InChI=1S/C25H39NO3/c1-15(13-22(28)23(29)26-4)19-7-8-20-18-6-5-16-14-17(27)9-11-24(16,2)21(18)10-12-25(19,20)3/h5,15,17-21,27H,6-14H2,1-4H3,(H,26,29)/t15-,17+,18+,19-,20+,21+,24+,25-/m1/s1. The Morgan fingerprint density at radius 1 is 1.17 bits per heavy atom. The summed E-state index contributed by atoms with van der Waals surface area (Å²) in [5.74, 6) is 2.30. The van der Waals surface area contributed by atoms with Gasteiger partial charge in [0.25, 0.3) is 5.91 Å². The van der Waals surface area contributed by atoms with Crippen LogP contribution in [0.1, 0.15) is 78.6 Å². The summed E-state index contributed by atoms with van der Waals surface area (Å²) in [5.41, 5.74) is 2.10. The van der Waals surface area contributed by atoms with E-state index < -0.39 is 5.91 Å². The molecule has 2 N–H and O–H groups in total. The van der Waals surface area contributed by atoms with Crippen molar-refractivity contribution in [3.8, 4) is 0 Å². The molecule has 1 amide bonds. The molecule has 0 bridgehead atoms. The fourth-order valence-electron chi connectivity index (χ4n) is 8.28. The van der Waals surface area contributed by atoms with E-state index in [1.807, 2.05) is 0 Å². The van der Waals surface area contributed by atoms with Crippen molar-refractivity contribution < 1.29 is 14.7 Å². The molecule has 4 aliphatic rings. The Labute approximate surface area is 175 Å². The molecule has 162 valence electrons. The first-order valence-electron chi connectivity index (χ1n) is 11.8. The molecule has 0 saturated heterocycles. The van der Waals surface area contributed by atoms with Crippen LogP contribution in [0.5, 0.6) is 0 Å². The molecular weight excluding hydrogens is 362 g/mol. The van der Waals surface area contributed by atoms with Crippen LogP contribution < -0.4 is 5.32 Å². The van der Waals surface area contributed by atoms with Crippen molar-refractivity contribution in [2.75, 3.05) is 7.05 Å². The largest absolute Gasteiger partial charge is 0.393 e. The van der Waals surface area contributed by atoms with Gasteiger partial charge < -0.3 is 10.4 Å². The zero-order valence-electron chi connectivity index (χ0n) is 18.7. The molecule has 0 aromatic heterocycles. The van der Waals surface area contributed by atoms with Gasteiger partial charge in [-0.15, -0.1) is 0 Å². The fourth-order valence-corrected chi connectivity index (χ4v) is 8.28. The van der Waals surface area contributed by atoms with Crippen LogP contribution in [0, 0.1) is 40.4 Å². The summed E-state index contributed by atoms with van der Waals surface area (Å²) in [4.78, 5) is 23.9. The maximum absolute atomic E-state index is 12.2. The third-order valence-corrected chi connectivity index (χ3v) is 9.83. The number of aliphatic hydroxyl groups excluding tert-OH is 1. The number of hydrogen-bond acceptors (Lipinski definition) is 3. The quantitative estimate of drug-likeness (QED) is 0.546. The SMILES string of the molecule is CNC(=O)C(=O)C[C@@H](C)[C@H]1CC[C@H]2[C@@H]3CC=C4C[C@@H](O)CC[C@]4(C)[C@H]3CC[C@]12C. The zero-order valence-corrected chi connectivity index (χ0v) is 18.7.